The van der Waals surface area contributed by atoms with E-state index in [1.54, 1.807) is 28.8 Å². The van der Waals surface area contributed by atoms with Crippen LogP contribution in [0.25, 0.3) is 5.69 Å². The number of ether oxygens (including phenoxy) is 2. The number of carboxylic acid groups (broad SMARTS) is 1. The van der Waals surface area contributed by atoms with Gasteiger partial charge in [-0.2, -0.15) is 0 Å². The van der Waals surface area contributed by atoms with E-state index in [0.717, 1.165) is 0 Å². The maximum Gasteiger partial charge on any atom is 0.335 e. The van der Waals surface area contributed by atoms with Crippen LogP contribution in [0.5, 0.6) is 0 Å². The third kappa shape index (κ3) is 4.39. The molecule has 188 valence electrons. The molecule has 0 spiro atoms. The summed E-state index contributed by atoms with van der Waals surface area (Å²) in [5.74, 6) is -0.718. The van der Waals surface area contributed by atoms with E-state index in [0.29, 0.717) is 44.2 Å². The maximum atomic E-state index is 11.4. The number of aliphatic imine (C=N–C) groups is 1. The number of aliphatic carboxylic acids is 1. The lowest BCUT2D eigenvalue weighted by Gasteiger charge is -2.38. The molecule has 3 heterocycles. The SMILES string of the molecule is O=C(O)[C@H]1O[C@@H](OCc2nnc3n2-c2ccc(Cl)cc2C(c2ccccc2Cl)=NC3)[C@H](O)[C@@H](O)[C@@H]1O. The number of benzene rings is 2. The van der Waals surface area contributed by atoms with E-state index in [4.69, 9.17) is 37.7 Å². The van der Waals surface area contributed by atoms with Crippen molar-refractivity contribution in [2.75, 3.05) is 0 Å². The van der Waals surface area contributed by atoms with Crippen LogP contribution in [0.2, 0.25) is 10.0 Å². The molecule has 2 aromatic carbocycles. The Morgan fingerprint density at radius 2 is 1.83 bits per heavy atom. The van der Waals surface area contributed by atoms with Gasteiger partial charge in [-0.1, -0.05) is 41.4 Å². The predicted octanol–water partition coefficient (Wildman–Crippen LogP) is 1.33. The van der Waals surface area contributed by atoms with Gasteiger partial charge in [-0.05, 0) is 24.3 Å². The summed E-state index contributed by atoms with van der Waals surface area (Å²) in [4.78, 5) is 16.1. The summed E-state index contributed by atoms with van der Waals surface area (Å²) in [6.45, 7) is -0.109. The number of hydrogen-bond acceptors (Lipinski definition) is 9. The van der Waals surface area contributed by atoms with Gasteiger partial charge in [0.1, 0.15) is 31.5 Å². The van der Waals surface area contributed by atoms with Crippen molar-refractivity contribution in [2.24, 2.45) is 4.99 Å². The number of aromatic nitrogens is 3. The predicted molar refractivity (Wildman–Crippen MR) is 126 cm³/mol. The van der Waals surface area contributed by atoms with Crippen LogP contribution in [0.1, 0.15) is 22.8 Å². The Hall–Kier alpha value is -2.90. The number of nitrogens with zero attached hydrogens (tertiary/aromatic N) is 4. The van der Waals surface area contributed by atoms with Gasteiger partial charge in [-0.25, -0.2) is 4.79 Å². The minimum absolute atomic E-state index is 0.161. The highest BCUT2D eigenvalue weighted by Crippen LogP contribution is 2.31. The molecule has 2 aliphatic heterocycles. The van der Waals surface area contributed by atoms with Crippen molar-refractivity contribution in [3.63, 3.8) is 0 Å². The summed E-state index contributed by atoms with van der Waals surface area (Å²) in [6, 6.07) is 12.5. The number of hydrogen-bond donors (Lipinski definition) is 4. The molecular formula is C23H20Cl2N4O7. The lowest BCUT2D eigenvalue weighted by molar-refractivity contribution is -0.297. The Morgan fingerprint density at radius 3 is 2.58 bits per heavy atom. The van der Waals surface area contributed by atoms with E-state index in [1.165, 1.54) is 0 Å². The zero-order valence-electron chi connectivity index (χ0n) is 18.4. The van der Waals surface area contributed by atoms with Gasteiger partial charge < -0.3 is 29.9 Å². The van der Waals surface area contributed by atoms with Crippen molar-refractivity contribution in [1.29, 1.82) is 0 Å². The molecule has 2 aliphatic rings. The zero-order chi connectivity index (χ0) is 25.6. The highest BCUT2D eigenvalue weighted by molar-refractivity contribution is 6.36. The van der Waals surface area contributed by atoms with Gasteiger partial charge in [0, 0.05) is 21.2 Å². The van der Waals surface area contributed by atoms with Crippen LogP contribution in [0, 0.1) is 0 Å². The summed E-state index contributed by atoms with van der Waals surface area (Å²) in [7, 11) is 0. The topological polar surface area (TPSA) is 160 Å². The van der Waals surface area contributed by atoms with Crippen LogP contribution in [-0.4, -0.2) is 77.6 Å². The molecule has 3 aromatic rings. The van der Waals surface area contributed by atoms with Crippen molar-refractivity contribution in [3.8, 4) is 5.69 Å². The number of halogens is 2. The molecule has 0 amide bonds. The van der Waals surface area contributed by atoms with E-state index in [2.05, 4.69) is 10.2 Å². The standard InChI is InChI=1S/C23H20Cl2N4O7/c24-10-5-6-14-12(7-10)17(11-3-1-2-4-13(11)25)26-8-15-27-28-16(29(14)15)9-35-23-20(32)18(30)19(31)21(36-23)22(33)34/h1-7,18-21,23,30-32H,8-9H2,(H,33,34)/t18-,19-,20+,21-,23+/m0/s1. The largest absolute Gasteiger partial charge is 0.479 e. The first kappa shape index (κ1) is 24.8. The van der Waals surface area contributed by atoms with Gasteiger partial charge in [-0.3, -0.25) is 9.56 Å². The van der Waals surface area contributed by atoms with Crippen LogP contribution >= 0.6 is 23.2 Å². The molecule has 0 unspecified atom stereocenters. The summed E-state index contributed by atoms with van der Waals surface area (Å²) in [5, 5.41) is 48.8. The fourth-order valence-electron chi connectivity index (χ4n) is 4.19. The molecule has 0 bridgehead atoms. The monoisotopic (exact) mass is 534 g/mol. The molecule has 1 fully saturated rings. The van der Waals surface area contributed by atoms with Crippen LogP contribution in [0.4, 0.5) is 0 Å². The van der Waals surface area contributed by atoms with E-state index in [1.807, 2.05) is 18.2 Å². The summed E-state index contributed by atoms with van der Waals surface area (Å²) >= 11 is 12.8. The average Bonchev–Trinajstić information content (AvgIpc) is 3.18. The Bertz CT molecular complexity index is 1350. The maximum absolute atomic E-state index is 11.4. The number of fused-ring (bicyclic) bond motifs is 3. The zero-order valence-corrected chi connectivity index (χ0v) is 19.9. The minimum atomic E-state index is -1.82. The first-order valence-corrected chi connectivity index (χ1v) is 11.6. The lowest BCUT2D eigenvalue weighted by atomic mass is 9.99. The molecule has 0 aliphatic carbocycles. The Balaban J connectivity index is 1.48. The fraction of sp³-hybridized carbons (Fsp3) is 0.304. The second-order valence-corrected chi connectivity index (χ2v) is 9.06. The van der Waals surface area contributed by atoms with Crippen molar-refractivity contribution in [2.45, 2.75) is 43.9 Å². The second kappa shape index (κ2) is 9.87. The van der Waals surface area contributed by atoms with Crippen LogP contribution in [0.3, 0.4) is 0 Å². The van der Waals surface area contributed by atoms with Gasteiger partial charge in [0.2, 0.25) is 0 Å². The van der Waals surface area contributed by atoms with Gasteiger partial charge in [0.05, 0.1) is 11.4 Å². The molecule has 1 saturated heterocycles. The Labute approximate surface area is 214 Å². The number of carbonyl (C=O) groups is 1. The number of aliphatic hydroxyl groups excluding tert-OH is 3. The Morgan fingerprint density at radius 1 is 1.06 bits per heavy atom. The van der Waals surface area contributed by atoms with Crippen molar-refractivity contribution in [3.05, 3.63) is 75.3 Å². The van der Waals surface area contributed by atoms with Crippen molar-refractivity contribution < 1.29 is 34.7 Å². The number of rotatable bonds is 5. The van der Waals surface area contributed by atoms with E-state index >= 15 is 0 Å². The molecule has 13 heteroatoms. The van der Waals surface area contributed by atoms with Crippen LogP contribution in [0.15, 0.2) is 47.5 Å². The van der Waals surface area contributed by atoms with Gasteiger partial charge in [0.15, 0.2) is 24.0 Å². The quantitative estimate of drug-likeness (QED) is 0.378. The van der Waals surface area contributed by atoms with Gasteiger partial charge >= 0.3 is 5.97 Å². The first-order valence-electron chi connectivity index (χ1n) is 10.8. The first-order chi connectivity index (χ1) is 17.3. The average molecular weight is 535 g/mol. The third-order valence-corrected chi connectivity index (χ3v) is 6.51. The van der Waals surface area contributed by atoms with Gasteiger partial charge in [-0.15, -0.1) is 10.2 Å². The van der Waals surface area contributed by atoms with E-state index < -0.39 is 36.7 Å². The second-order valence-electron chi connectivity index (χ2n) is 8.22. The normalized spacial score (nSPS) is 25.5. The smallest absolute Gasteiger partial charge is 0.335 e. The molecule has 5 atom stereocenters. The Kier molecular flexibility index (Phi) is 6.79. The molecule has 1 aromatic heterocycles. The van der Waals surface area contributed by atoms with E-state index in [9.17, 15) is 25.2 Å². The fourth-order valence-corrected chi connectivity index (χ4v) is 4.58. The molecule has 0 radical (unpaired) electrons. The number of carboxylic acids is 1. The molecule has 4 N–H and O–H groups in total. The van der Waals surface area contributed by atoms with Crippen molar-refractivity contribution >= 4 is 34.9 Å². The minimum Gasteiger partial charge on any atom is -0.479 e. The number of aliphatic hydroxyl groups is 3. The van der Waals surface area contributed by atoms with Gasteiger partial charge in [0.25, 0.3) is 0 Å². The molecular weight excluding hydrogens is 515 g/mol. The molecule has 0 saturated carbocycles. The van der Waals surface area contributed by atoms with Crippen LogP contribution < -0.4 is 0 Å². The summed E-state index contributed by atoms with van der Waals surface area (Å²) < 4.78 is 12.5. The summed E-state index contributed by atoms with van der Waals surface area (Å²) in [6.07, 6.45) is -8.61. The van der Waals surface area contributed by atoms with E-state index in [-0.39, 0.29) is 13.2 Å². The molecule has 36 heavy (non-hydrogen) atoms. The third-order valence-electron chi connectivity index (χ3n) is 5.95. The summed E-state index contributed by atoms with van der Waals surface area (Å²) in [5.41, 5.74) is 2.65. The highest BCUT2D eigenvalue weighted by Gasteiger charge is 2.47. The molecule has 5 rings (SSSR count). The molecule has 11 nitrogen and oxygen atoms in total. The highest BCUT2D eigenvalue weighted by atomic mass is 35.5. The lowest BCUT2D eigenvalue weighted by Crippen LogP contribution is -2.60. The van der Waals surface area contributed by atoms with Crippen molar-refractivity contribution in [1.82, 2.24) is 14.8 Å². The van der Waals surface area contributed by atoms with Crippen LogP contribution in [-0.2, 0) is 27.4 Å².